The Morgan fingerprint density at radius 3 is 2.38 bits per heavy atom. The molecule has 0 unspecified atom stereocenters. The second-order valence-corrected chi connectivity index (χ2v) is 3.01. The molecule has 0 radical (unpaired) electrons. The van der Waals surface area contributed by atoms with Gasteiger partial charge in [0.25, 0.3) is 5.69 Å². The number of halogens is 2. The molecule has 0 aliphatic heterocycles. The molecular weight excluding hydrogens is 217 g/mol. The number of benzene rings is 1. The molecule has 4 nitrogen and oxygen atoms in total. The lowest BCUT2D eigenvalue weighted by molar-refractivity contribution is -0.384. The minimum Gasteiger partial charge on any atom is -0.298 e. The van der Waals surface area contributed by atoms with Crippen molar-refractivity contribution >= 4 is 35.2 Å². The number of aldehydes is 1. The van der Waals surface area contributed by atoms with E-state index in [1.54, 1.807) is 0 Å². The Labute approximate surface area is 83.2 Å². The fraction of sp³-hybridized carbons (Fsp3) is 0. The molecule has 0 heterocycles. The Hall–Kier alpha value is -1.13. The van der Waals surface area contributed by atoms with Gasteiger partial charge >= 0.3 is 0 Å². The highest BCUT2D eigenvalue weighted by molar-refractivity contribution is 6.37. The average molecular weight is 220 g/mol. The Morgan fingerprint density at radius 2 is 1.92 bits per heavy atom. The normalized spacial score (nSPS) is 9.69. The summed E-state index contributed by atoms with van der Waals surface area (Å²) in [6.45, 7) is 0. The molecule has 0 aliphatic carbocycles. The van der Waals surface area contributed by atoms with Crippen LogP contribution in [0, 0.1) is 10.1 Å². The first-order chi connectivity index (χ1) is 6.06. The summed E-state index contributed by atoms with van der Waals surface area (Å²) in [6.07, 6.45) is 0.436. The summed E-state index contributed by atoms with van der Waals surface area (Å²) in [6, 6.07) is 2.21. The zero-order valence-electron chi connectivity index (χ0n) is 6.16. The van der Waals surface area contributed by atoms with Crippen LogP contribution in [-0.4, -0.2) is 11.2 Å². The Morgan fingerprint density at radius 1 is 1.31 bits per heavy atom. The van der Waals surface area contributed by atoms with Gasteiger partial charge in [-0.3, -0.25) is 14.9 Å². The molecular formula is C7H3Cl2NO3. The molecule has 0 fully saturated rings. The van der Waals surface area contributed by atoms with Crippen molar-refractivity contribution in [2.45, 2.75) is 0 Å². The van der Waals surface area contributed by atoms with E-state index in [1.807, 2.05) is 0 Å². The number of nitro groups is 1. The van der Waals surface area contributed by atoms with Gasteiger partial charge in [0.15, 0.2) is 6.29 Å². The first kappa shape index (κ1) is 9.95. The zero-order valence-corrected chi connectivity index (χ0v) is 7.67. The third-order valence-corrected chi connectivity index (χ3v) is 2.02. The monoisotopic (exact) mass is 219 g/mol. The number of carbonyl (C=O) groups is 1. The summed E-state index contributed by atoms with van der Waals surface area (Å²) in [7, 11) is 0. The summed E-state index contributed by atoms with van der Waals surface area (Å²) in [5.74, 6) is 0. The Balaban J connectivity index is 3.38. The van der Waals surface area contributed by atoms with Gasteiger partial charge in [-0.1, -0.05) is 23.2 Å². The number of rotatable bonds is 2. The van der Waals surface area contributed by atoms with Crippen LogP contribution in [-0.2, 0) is 0 Å². The van der Waals surface area contributed by atoms with E-state index in [9.17, 15) is 14.9 Å². The van der Waals surface area contributed by atoms with E-state index < -0.39 is 4.92 Å². The smallest absolute Gasteiger partial charge is 0.288 e. The molecule has 0 saturated heterocycles. The van der Waals surface area contributed by atoms with Gasteiger partial charge < -0.3 is 0 Å². The Bertz CT molecular complexity index is 378. The number of carbonyl (C=O) groups excluding carboxylic acids is 1. The summed E-state index contributed by atoms with van der Waals surface area (Å²) < 4.78 is 0. The summed E-state index contributed by atoms with van der Waals surface area (Å²) >= 11 is 11.1. The molecule has 0 aliphatic rings. The van der Waals surface area contributed by atoms with E-state index in [0.717, 1.165) is 6.07 Å². The predicted octanol–water partition coefficient (Wildman–Crippen LogP) is 2.71. The summed E-state index contributed by atoms with van der Waals surface area (Å²) in [5, 5.41) is 10.4. The standard InChI is InChI=1S/C7H3Cl2NO3/c8-5-2-6(9)7(10(12)13)1-4(5)3-11/h1-3H. The molecule has 0 saturated carbocycles. The van der Waals surface area contributed by atoms with Gasteiger partial charge in [-0.25, -0.2) is 0 Å². The molecule has 68 valence electrons. The zero-order chi connectivity index (χ0) is 10.0. The number of nitro benzene ring substituents is 1. The van der Waals surface area contributed by atoms with E-state index >= 15 is 0 Å². The van der Waals surface area contributed by atoms with E-state index in [4.69, 9.17) is 23.2 Å². The third-order valence-electron chi connectivity index (χ3n) is 1.39. The number of hydrogen-bond donors (Lipinski definition) is 0. The molecule has 0 amide bonds. The fourth-order valence-electron chi connectivity index (χ4n) is 0.784. The first-order valence-corrected chi connectivity index (χ1v) is 3.90. The van der Waals surface area contributed by atoms with Crippen molar-refractivity contribution in [2.24, 2.45) is 0 Å². The van der Waals surface area contributed by atoms with Crippen LogP contribution in [0.25, 0.3) is 0 Å². The van der Waals surface area contributed by atoms with Crippen LogP contribution in [0.5, 0.6) is 0 Å². The van der Waals surface area contributed by atoms with Gasteiger partial charge in [-0.15, -0.1) is 0 Å². The van der Waals surface area contributed by atoms with Crippen molar-refractivity contribution in [3.05, 3.63) is 37.9 Å². The van der Waals surface area contributed by atoms with Crippen molar-refractivity contribution in [2.75, 3.05) is 0 Å². The summed E-state index contributed by atoms with van der Waals surface area (Å²) in [4.78, 5) is 20.1. The number of hydrogen-bond acceptors (Lipinski definition) is 3. The lowest BCUT2D eigenvalue weighted by Crippen LogP contribution is -1.92. The van der Waals surface area contributed by atoms with Crippen LogP contribution in [0.2, 0.25) is 10.0 Å². The van der Waals surface area contributed by atoms with Gasteiger partial charge in [-0.2, -0.15) is 0 Å². The molecule has 6 heteroatoms. The van der Waals surface area contributed by atoms with Crippen LogP contribution >= 0.6 is 23.2 Å². The van der Waals surface area contributed by atoms with Gasteiger partial charge in [0.05, 0.1) is 9.95 Å². The molecule has 0 spiro atoms. The highest BCUT2D eigenvalue weighted by Gasteiger charge is 2.15. The lowest BCUT2D eigenvalue weighted by Gasteiger charge is -1.98. The summed E-state index contributed by atoms with van der Waals surface area (Å²) in [5.41, 5.74) is -0.272. The van der Waals surface area contributed by atoms with Crippen LogP contribution in [0.1, 0.15) is 10.4 Å². The Kier molecular flexibility index (Phi) is 2.85. The highest BCUT2D eigenvalue weighted by atomic mass is 35.5. The lowest BCUT2D eigenvalue weighted by atomic mass is 10.2. The fourth-order valence-corrected chi connectivity index (χ4v) is 1.28. The van der Waals surface area contributed by atoms with E-state index in [1.165, 1.54) is 6.07 Å². The largest absolute Gasteiger partial charge is 0.298 e. The van der Waals surface area contributed by atoms with Crippen LogP contribution in [0.3, 0.4) is 0 Å². The molecule has 0 atom stereocenters. The van der Waals surface area contributed by atoms with Crippen molar-refractivity contribution in [1.82, 2.24) is 0 Å². The van der Waals surface area contributed by atoms with Crippen molar-refractivity contribution < 1.29 is 9.72 Å². The third kappa shape index (κ3) is 1.96. The van der Waals surface area contributed by atoms with Crippen LogP contribution in [0.15, 0.2) is 12.1 Å². The second kappa shape index (κ2) is 3.72. The van der Waals surface area contributed by atoms with Crippen LogP contribution < -0.4 is 0 Å². The molecule has 1 rings (SSSR count). The maximum Gasteiger partial charge on any atom is 0.288 e. The van der Waals surface area contributed by atoms with E-state index in [2.05, 4.69) is 0 Å². The van der Waals surface area contributed by atoms with Gasteiger partial charge in [0.1, 0.15) is 5.02 Å². The average Bonchev–Trinajstić information content (AvgIpc) is 2.03. The maximum absolute atomic E-state index is 10.4. The first-order valence-electron chi connectivity index (χ1n) is 3.15. The minimum atomic E-state index is -0.675. The van der Waals surface area contributed by atoms with E-state index in [0.29, 0.717) is 6.29 Å². The molecule has 0 aromatic heterocycles. The molecule has 0 N–H and O–H groups in total. The van der Waals surface area contributed by atoms with Gasteiger partial charge in [0.2, 0.25) is 0 Å². The van der Waals surface area contributed by atoms with Crippen LogP contribution in [0.4, 0.5) is 5.69 Å². The van der Waals surface area contributed by atoms with E-state index in [-0.39, 0.29) is 21.3 Å². The van der Waals surface area contributed by atoms with Gasteiger partial charge in [-0.05, 0) is 6.07 Å². The molecule has 1 aromatic rings. The topological polar surface area (TPSA) is 60.2 Å². The number of nitrogens with zero attached hydrogens (tertiary/aromatic N) is 1. The molecule has 13 heavy (non-hydrogen) atoms. The maximum atomic E-state index is 10.4. The SMILES string of the molecule is O=Cc1cc([N+](=O)[O-])c(Cl)cc1Cl. The predicted molar refractivity (Wildman–Crippen MR) is 48.5 cm³/mol. The van der Waals surface area contributed by atoms with Gasteiger partial charge in [0, 0.05) is 11.6 Å². The van der Waals surface area contributed by atoms with Crippen molar-refractivity contribution in [3.63, 3.8) is 0 Å². The minimum absolute atomic E-state index is 0.0535. The molecule has 0 bridgehead atoms. The second-order valence-electron chi connectivity index (χ2n) is 2.20. The quantitative estimate of drug-likeness (QED) is 0.437. The highest BCUT2D eigenvalue weighted by Crippen LogP contribution is 2.29. The van der Waals surface area contributed by atoms with Crippen molar-refractivity contribution in [1.29, 1.82) is 0 Å². The molecule has 1 aromatic carbocycles. The van der Waals surface area contributed by atoms with Crippen molar-refractivity contribution in [3.8, 4) is 0 Å².